The van der Waals surface area contributed by atoms with Gasteiger partial charge in [-0.25, -0.2) is 0 Å². The summed E-state index contributed by atoms with van der Waals surface area (Å²) >= 11 is 0. The monoisotopic (exact) mass is 256 g/mol. The first-order chi connectivity index (χ1) is 8.79. The van der Waals surface area contributed by atoms with Crippen molar-refractivity contribution in [3.05, 3.63) is 0 Å². The van der Waals surface area contributed by atoms with Crippen molar-refractivity contribution in [3.8, 4) is 0 Å². The molecule has 18 heavy (non-hydrogen) atoms. The molecule has 0 atom stereocenters. The van der Waals surface area contributed by atoms with E-state index in [1.807, 2.05) is 0 Å². The summed E-state index contributed by atoms with van der Waals surface area (Å²) in [5, 5.41) is 9.29. The number of rotatable bonds is 6. The zero-order valence-electron chi connectivity index (χ0n) is 11.4. The van der Waals surface area contributed by atoms with E-state index in [0.717, 1.165) is 45.7 Å². The number of nitrogens with two attached hydrogens (primary N) is 1. The molecule has 2 rings (SSSR count). The first kappa shape index (κ1) is 14.3. The molecule has 1 aliphatic carbocycles. The lowest BCUT2D eigenvalue weighted by Crippen LogP contribution is -2.49. The third kappa shape index (κ3) is 3.44. The molecule has 2 fully saturated rings. The van der Waals surface area contributed by atoms with E-state index in [4.69, 9.17) is 10.5 Å². The van der Waals surface area contributed by atoms with Gasteiger partial charge in [0.1, 0.15) is 0 Å². The van der Waals surface area contributed by atoms with E-state index in [2.05, 4.69) is 4.90 Å². The minimum Gasteiger partial charge on any atom is -0.395 e. The quantitative estimate of drug-likeness (QED) is 0.744. The Balaban J connectivity index is 1.96. The molecule has 0 amide bonds. The van der Waals surface area contributed by atoms with Gasteiger partial charge in [0.2, 0.25) is 0 Å². The van der Waals surface area contributed by atoms with Crippen LogP contribution in [0.2, 0.25) is 0 Å². The molecule has 0 aromatic heterocycles. The number of ether oxygens (including phenoxy) is 1. The fourth-order valence-electron chi connectivity index (χ4n) is 3.45. The van der Waals surface area contributed by atoms with Crippen LogP contribution in [-0.2, 0) is 4.74 Å². The van der Waals surface area contributed by atoms with Gasteiger partial charge in [0, 0.05) is 32.3 Å². The predicted molar refractivity (Wildman–Crippen MR) is 72.5 cm³/mol. The second-order valence-corrected chi connectivity index (χ2v) is 5.95. The van der Waals surface area contributed by atoms with Crippen molar-refractivity contribution < 1.29 is 9.84 Å². The first-order valence-corrected chi connectivity index (χ1v) is 7.42. The minimum absolute atomic E-state index is 0.218. The standard InChI is InChI=1S/C14H28N2O2/c15-11-14(5-9-18-10-6-14)12-16(7-8-17)13-3-1-2-4-13/h13,17H,1-12,15H2. The molecule has 1 heterocycles. The Morgan fingerprint density at radius 1 is 1.22 bits per heavy atom. The molecule has 1 saturated heterocycles. The summed E-state index contributed by atoms with van der Waals surface area (Å²) < 4.78 is 5.47. The summed E-state index contributed by atoms with van der Waals surface area (Å²) in [5.41, 5.74) is 6.25. The number of aliphatic hydroxyl groups excluding tert-OH is 1. The lowest BCUT2D eigenvalue weighted by molar-refractivity contribution is -0.0103. The van der Waals surface area contributed by atoms with E-state index in [0.29, 0.717) is 6.04 Å². The van der Waals surface area contributed by atoms with E-state index in [9.17, 15) is 5.11 Å². The molecule has 4 nitrogen and oxygen atoms in total. The molecule has 0 aromatic carbocycles. The highest BCUT2D eigenvalue weighted by Gasteiger charge is 2.35. The van der Waals surface area contributed by atoms with E-state index >= 15 is 0 Å². The topological polar surface area (TPSA) is 58.7 Å². The molecular weight excluding hydrogens is 228 g/mol. The first-order valence-electron chi connectivity index (χ1n) is 7.42. The fraction of sp³-hybridized carbons (Fsp3) is 1.00. The lowest BCUT2D eigenvalue weighted by Gasteiger charge is -2.42. The van der Waals surface area contributed by atoms with Crippen LogP contribution in [0.1, 0.15) is 38.5 Å². The average molecular weight is 256 g/mol. The van der Waals surface area contributed by atoms with Crippen molar-refractivity contribution in [1.29, 1.82) is 0 Å². The molecule has 0 radical (unpaired) electrons. The van der Waals surface area contributed by atoms with Crippen LogP contribution in [0.25, 0.3) is 0 Å². The lowest BCUT2D eigenvalue weighted by atomic mass is 9.79. The normalized spacial score (nSPS) is 24.8. The summed E-state index contributed by atoms with van der Waals surface area (Å²) in [4.78, 5) is 2.49. The summed E-state index contributed by atoms with van der Waals surface area (Å²) in [7, 11) is 0. The van der Waals surface area contributed by atoms with E-state index in [-0.39, 0.29) is 12.0 Å². The summed E-state index contributed by atoms with van der Waals surface area (Å²) in [6, 6.07) is 0.670. The van der Waals surface area contributed by atoms with Crippen molar-refractivity contribution in [1.82, 2.24) is 4.90 Å². The maximum Gasteiger partial charge on any atom is 0.0558 e. The van der Waals surface area contributed by atoms with Crippen LogP contribution < -0.4 is 5.73 Å². The summed E-state index contributed by atoms with van der Waals surface area (Å²) in [5.74, 6) is 0. The fourth-order valence-corrected chi connectivity index (χ4v) is 3.45. The molecule has 0 bridgehead atoms. The largest absolute Gasteiger partial charge is 0.395 e. The van der Waals surface area contributed by atoms with Gasteiger partial charge in [0.15, 0.2) is 0 Å². The molecule has 0 unspecified atom stereocenters. The van der Waals surface area contributed by atoms with Crippen molar-refractivity contribution in [3.63, 3.8) is 0 Å². The molecule has 3 N–H and O–H groups in total. The Morgan fingerprint density at radius 3 is 2.44 bits per heavy atom. The molecule has 1 saturated carbocycles. The van der Waals surface area contributed by atoms with Crippen LogP contribution in [-0.4, -0.2) is 55.5 Å². The van der Waals surface area contributed by atoms with Crippen molar-refractivity contribution in [2.75, 3.05) is 39.5 Å². The highest BCUT2D eigenvalue weighted by molar-refractivity contribution is 4.89. The number of aliphatic hydroxyl groups is 1. The Labute approximate surface area is 110 Å². The second-order valence-electron chi connectivity index (χ2n) is 5.95. The van der Waals surface area contributed by atoms with Gasteiger partial charge in [0.05, 0.1) is 6.61 Å². The predicted octanol–water partition coefficient (Wildman–Crippen LogP) is 0.979. The molecule has 2 aliphatic rings. The van der Waals surface area contributed by atoms with Crippen molar-refractivity contribution in [2.45, 2.75) is 44.6 Å². The number of hydrogen-bond donors (Lipinski definition) is 2. The van der Waals surface area contributed by atoms with Crippen LogP contribution in [0.15, 0.2) is 0 Å². The zero-order valence-corrected chi connectivity index (χ0v) is 11.4. The highest BCUT2D eigenvalue weighted by atomic mass is 16.5. The highest BCUT2D eigenvalue weighted by Crippen LogP contribution is 2.33. The zero-order chi connectivity index (χ0) is 12.8. The van der Waals surface area contributed by atoms with E-state index in [1.54, 1.807) is 0 Å². The van der Waals surface area contributed by atoms with Gasteiger partial charge in [-0.15, -0.1) is 0 Å². The molecule has 4 heteroatoms. The van der Waals surface area contributed by atoms with Crippen LogP contribution in [0.4, 0.5) is 0 Å². The van der Waals surface area contributed by atoms with E-state index < -0.39 is 0 Å². The van der Waals surface area contributed by atoms with Gasteiger partial charge in [0.25, 0.3) is 0 Å². The Morgan fingerprint density at radius 2 is 1.89 bits per heavy atom. The van der Waals surface area contributed by atoms with Gasteiger partial charge >= 0.3 is 0 Å². The van der Waals surface area contributed by atoms with Gasteiger partial charge in [-0.1, -0.05) is 12.8 Å². The average Bonchev–Trinajstić information content (AvgIpc) is 2.93. The Bertz CT molecular complexity index is 236. The maximum absolute atomic E-state index is 9.29. The van der Waals surface area contributed by atoms with Gasteiger partial charge < -0.3 is 15.6 Å². The van der Waals surface area contributed by atoms with Crippen molar-refractivity contribution >= 4 is 0 Å². The van der Waals surface area contributed by atoms with Crippen LogP contribution in [0.3, 0.4) is 0 Å². The second kappa shape index (κ2) is 6.85. The SMILES string of the molecule is NCC1(CN(CCO)C2CCCC2)CCOCC1. The number of hydrogen-bond acceptors (Lipinski definition) is 4. The van der Waals surface area contributed by atoms with Gasteiger partial charge in [-0.3, -0.25) is 4.90 Å². The molecule has 0 spiro atoms. The van der Waals surface area contributed by atoms with Crippen LogP contribution in [0.5, 0.6) is 0 Å². The van der Waals surface area contributed by atoms with Gasteiger partial charge in [-0.05, 0) is 37.6 Å². The maximum atomic E-state index is 9.29. The van der Waals surface area contributed by atoms with Crippen LogP contribution >= 0.6 is 0 Å². The minimum atomic E-state index is 0.218. The van der Waals surface area contributed by atoms with E-state index in [1.165, 1.54) is 25.7 Å². The third-order valence-corrected chi connectivity index (χ3v) is 4.75. The Kier molecular flexibility index (Phi) is 5.42. The Hall–Kier alpha value is -0.160. The summed E-state index contributed by atoms with van der Waals surface area (Å²) in [6.45, 7) is 4.52. The van der Waals surface area contributed by atoms with Crippen LogP contribution in [0, 0.1) is 5.41 Å². The smallest absolute Gasteiger partial charge is 0.0558 e. The third-order valence-electron chi connectivity index (χ3n) is 4.75. The molecule has 106 valence electrons. The molecule has 1 aliphatic heterocycles. The van der Waals surface area contributed by atoms with Gasteiger partial charge in [-0.2, -0.15) is 0 Å². The van der Waals surface area contributed by atoms with Crippen molar-refractivity contribution in [2.24, 2.45) is 11.1 Å². The number of nitrogens with zero attached hydrogens (tertiary/aromatic N) is 1. The molecular formula is C14H28N2O2. The molecule has 0 aromatic rings. The summed E-state index contributed by atoms with van der Waals surface area (Å²) in [6.07, 6.45) is 7.39.